The highest BCUT2D eigenvalue weighted by Gasteiger charge is 2.19. The van der Waals surface area contributed by atoms with Gasteiger partial charge in [-0.1, -0.05) is 18.2 Å². The van der Waals surface area contributed by atoms with Crippen molar-refractivity contribution in [1.29, 1.82) is 0 Å². The third kappa shape index (κ3) is 5.29. The van der Waals surface area contributed by atoms with E-state index in [2.05, 4.69) is 5.32 Å². The van der Waals surface area contributed by atoms with Crippen molar-refractivity contribution in [1.82, 2.24) is 4.90 Å². The number of anilines is 1. The molecule has 0 heterocycles. The van der Waals surface area contributed by atoms with E-state index in [1.165, 1.54) is 12.1 Å². The zero-order valence-corrected chi connectivity index (χ0v) is 15.1. The van der Waals surface area contributed by atoms with Crippen molar-refractivity contribution in [2.24, 2.45) is 0 Å². The second-order valence-electron chi connectivity index (χ2n) is 5.96. The Bertz CT molecular complexity index is 762. The maximum atomic E-state index is 12.4. The molecular formula is C19H23N3O4. The molecule has 7 nitrogen and oxygen atoms in total. The smallest absolute Gasteiger partial charge is 0.271 e. The van der Waals surface area contributed by atoms with E-state index in [4.69, 9.17) is 4.74 Å². The van der Waals surface area contributed by atoms with Gasteiger partial charge < -0.3 is 10.1 Å². The summed E-state index contributed by atoms with van der Waals surface area (Å²) in [5, 5.41) is 13.5. The first kappa shape index (κ1) is 19.4. The Balaban J connectivity index is 1.96. The topological polar surface area (TPSA) is 84.7 Å². The standard InChI is InChI=1S/C19H23N3O4/c1-4-26-18-10-8-15(9-11-18)13-21(3)14(2)19(23)20-16-6-5-7-17(12-16)22(24)25/h5-12,14H,4,13H2,1-3H3,(H,20,23). The summed E-state index contributed by atoms with van der Waals surface area (Å²) in [6.07, 6.45) is 0. The van der Waals surface area contributed by atoms with Crippen LogP contribution in [0.15, 0.2) is 48.5 Å². The Morgan fingerprint density at radius 2 is 1.96 bits per heavy atom. The van der Waals surface area contributed by atoms with Gasteiger partial charge in [0.15, 0.2) is 0 Å². The van der Waals surface area contributed by atoms with Crippen molar-refractivity contribution >= 4 is 17.3 Å². The number of ether oxygens (including phenoxy) is 1. The molecular weight excluding hydrogens is 334 g/mol. The van der Waals surface area contributed by atoms with Gasteiger partial charge in [0.1, 0.15) is 5.75 Å². The maximum Gasteiger partial charge on any atom is 0.271 e. The van der Waals surface area contributed by atoms with E-state index >= 15 is 0 Å². The number of amides is 1. The van der Waals surface area contributed by atoms with Crippen LogP contribution in [0.4, 0.5) is 11.4 Å². The Labute approximate surface area is 152 Å². The molecule has 7 heteroatoms. The number of carbonyl (C=O) groups is 1. The summed E-state index contributed by atoms with van der Waals surface area (Å²) in [5.74, 6) is 0.592. The summed E-state index contributed by atoms with van der Waals surface area (Å²) in [6, 6.07) is 13.2. The molecule has 0 aliphatic heterocycles. The van der Waals surface area contributed by atoms with Crippen LogP contribution in [0, 0.1) is 10.1 Å². The van der Waals surface area contributed by atoms with E-state index in [0.29, 0.717) is 18.8 Å². The van der Waals surface area contributed by atoms with Crippen molar-refractivity contribution in [3.63, 3.8) is 0 Å². The monoisotopic (exact) mass is 357 g/mol. The van der Waals surface area contributed by atoms with E-state index in [0.717, 1.165) is 11.3 Å². The zero-order valence-electron chi connectivity index (χ0n) is 15.1. The average molecular weight is 357 g/mol. The predicted octanol–water partition coefficient (Wildman–Crippen LogP) is 3.45. The van der Waals surface area contributed by atoms with Crippen molar-refractivity contribution in [2.45, 2.75) is 26.4 Å². The highest BCUT2D eigenvalue weighted by molar-refractivity contribution is 5.94. The van der Waals surface area contributed by atoms with Crippen LogP contribution in [0.1, 0.15) is 19.4 Å². The van der Waals surface area contributed by atoms with Gasteiger partial charge in [0.05, 0.1) is 17.6 Å². The number of non-ortho nitro benzene ring substituents is 1. The zero-order chi connectivity index (χ0) is 19.1. The number of likely N-dealkylation sites (N-methyl/N-ethyl adjacent to an activating group) is 1. The molecule has 0 bridgehead atoms. The fourth-order valence-electron chi connectivity index (χ4n) is 2.43. The van der Waals surface area contributed by atoms with E-state index in [-0.39, 0.29) is 11.6 Å². The molecule has 0 radical (unpaired) electrons. The lowest BCUT2D eigenvalue weighted by atomic mass is 10.1. The minimum Gasteiger partial charge on any atom is -0.494 e. The first-order valence-electron chi connectivity index (χ1n) is 8.38. The van der Waals surface area contributed by atoms with Gasteiger partial charge in [-0.3, -0.25) is 19.8 Å². The lowest BCUT2D eigenvalue weighted by molar-refractivity contribution is -0.384. The molecule has 0 saturated heterocycles. The molecule has 0 spiro atoms. The summed E-state index contributed by atoms with van der Waals surface area (Å²) in [4.78, 5) is 24.7. The third-order valence-electron chi connectivity index (χ3n) is 4.03. The second-order valence-corrected chi connectivity index (χ2v) is 5.96. The second kappa shape index (κ2) is 8.96. The number of nitro groups is 1. The average Bonchev–Trinajstić information content (AvgIpc) is 2.63. The minimum atomic E-state index is -0.489. The van der Waals surface area contributed by atoms with E-state index in [9.17, 15) is 14.9 Å². The van der Waals surface area contributed by atoms with Crippen LogP contribution in [0.5, 0.6) is 5.75 Å². The summed E-state index contributed by atoms with van der Waals surface area (Å²) < 4.78 is 5.42. The quantitative estimate of drug-likeness (QED) is 0.578. The minimum absolute atomic E-state index is 0.0572. The molecule has 2 aromatic rings. The van der Waals surface area contributed by atoms with Crippen LogP contribution in [0.2, 0.25) is 0 Å². The summed E-state index contributed by atoms with van der Waals surface area (Å²) in [5.41, 5.74) is 1.41. The Kier molecular flexibility index (Phi) is 6.68. The van der Waals surface area contributed by atoms with Crippen LogP contribution < -0.4 is 10.1 Å². The Morgan fingerprint density at radius 1 is 1.27 bits per heavy atom. The van der Waals surface area contributed by atoms with Crippen molar-refractivity contribution in [3.05, 3.63) is 64.2 Å². The normalized spacial score (nSPS) is 11.8. The fraction of sp³-hybridized carbons (Fsp3) is 0.316. The number of nitrogens with one attached hydrogen (secondary N) is 1. The number of nitro benzene ring substituents is 1. The third-order valence-corrected chi connectivity index (χ3v) is 4.03. The van der Waals surface area contributed by atoms with Crippen LogP contribution in [-0.4, -0.2) is 35.4 Å². The van der Waals surface area contributed by atoms with Gasteiger partial charge in [-0.2, -0.15) is 0 Å². The number of hydrogen-bond donors (Lipinski definition) is 1. The molecule has 2 aromatic carbocycles. The molecule has 1 atom stereocenters. The Hall–Kier alpha value is -2.93. The first-order chi connectivity index (χ1) is 12.4. The molecule has 0 aromatic heterocycles. The van der Waals surface area contributed by atoms with Crippen LogP contribution in [0.3, 0.4) is 0 Å². The molecule has 0 aliphatic carbocycles. The van der Waals surface area contributed by atoms with E-state index < -0.39 is 11.0 Å². The summed E-state index contributed by atoms with van der Waals surface area (Å²) >= 11 is 0. The highest BCUT2D eigenvalue weighted by atomic mass is 16.6. The molecule has 0 saturated carbocycles. The number of rotatable bonds is 8. The van der Waals surface area contributed by atoms with Gasteiger partial charge >= 0.3 is 0 Å². The largest absolute Gasteiger partial charge is 0.494 e. The van der Waals surface area contributed by atoms with E-state index in [1.54, 1.807) is 19.1 Å². The lowest BCUT2D eigenvalue weighted by Crippen LogP contribution is -2.39. The van der Waals surface area contributed by atoms with Crippen LogP contribution in [-0.2, 0) is 11.3 Å². The molecule has 1 unspecified atom stereocenters. The van der Waals surface area contributed by atoms with Gasteiger partial charge in [0, 0.05) is 24.4 Å². The number of hydrogen-bond acceptors (Lipinski definition) is 5. The SMILES string of the molecule is CCOc1ccc(CN(C)C(C)C(=O)Nc2cccc([N+](=O)[O-])c2)cc1. The predicted molar refractivity (Wildman–Crippen MR) is 100 cm³/mol. The van der Waals surface area contributed by atoms with Gasteiger partial charge in [-0.25, -0.2) is 0 Å². The van der Waals surface area contributed by atoms with Gasteiger partial charge in [0.25, 0.3) is 5.69 Å². The molecule has 2 rings (SSSR count). The lowest BCUT2D eigenvalue weighted by Gasteiger charge is -2.24. The number of carbonyl (C=O) groups excluding carboxylic acids is 1. The van der Waals surface area contributed by atoms with Crippen LogP contribution >= 0.6 is 0 Å². The number of nitrogens with zero attached hydrogens (tertiary/aromatic N) is 2. The summed E-state index contributed by atoms with van der Waals surface area (Å²) in [7, 11) is 1.86. The van der Waals surface area contributed by atoms with Crippen molar-refractivity contribution in [3.8, 4) is 5.75 Å². The van der Waals surface area contributed by atoms with Crippen molar-refractivity contribution in [2.75, 3.05) is 19.0 Å². The van der Waals surface area contributed by atoms with Gasteiger partial charge in [-0.15, -0.1) is 0 Å². The van der Waals surface area contributed by atoms with Gasteiger partial charge in [-0.05, 0) is 44.7 Å². The molecule has 0 fully saturated rings. The van der Waals surface area contributed by atoms with Crippen molar-refractivity contribution < 1.29 is 14.5 Å². The molecule has 1 N–H and O–H groups in total. The maximum absolute atomic E-state index is 12.4. The molecule has 138 valence electrons. The first-order valence-corrected chi connectivity index (χ1v) is 8.38. The molecule has 1 amide bonds. The van der Waals surface area contributed by atoms with Crippen LogP contribution in [0.25, 0.3) is 0 Å². The fourth-order valence-corrected chi connectivity index (χ4v) is 2.43. The van der Waals surface area contributed by atoms with Gasteiger partial charge in [0.2, 0.25) is 5.91 Å². The molecule has 0 aliphatic rings. The summed E-state index contributed by atoms with van der Waals surface area (Å²) in [6.45, 7) is 4.94. The Morgan fingerprint density at radius 3 is 2.58 bits per heavy atom. The van der Waals surface area contributed by atoms with E-state index in [1.807, 2.05) is 43.1 Å². The highest BCUT2D eigenvalue weighted by Crippen LogP contribution is 2.18. The molecule has 26 heavy (non-hydrogen) atoms. The number of benzene rings is 2.